The summed E-state index contributed by atoms with van der Waals surface area (Å²) < 4.78 is 5.48. The monoisotopic (exact) mass is 267 g/mol. The molecule has 0 saturated carbocycles. The second-order valence-corrected chi connectivity index (χ2v) is 4.75. The summed E-state index contributed by atoms with van der Waals surface area (Å²) in [5, 5.41) is 0. The van der Waals surface area contributed by atoms with E-state index in [0.29, 0.717) is 5.92 Å². The summed E-state index contributed by atoms with van der Waals surface area (Å²) in [6.45, 7) is 9.33. The Bertz CT molecular complexity index is 386. The van der Waals surface area contributed by atoms with Gasteiger partial charge in [0.05, 0.1) is 6.54 Å². The Hall–Kier alpha value is -1.33. The van der Waals surface area contributed by atoms with E-state index in [1.54, 1.807) is 6.07 Å². The Labute approximate surface area is 115 Å². The van der Waals surface area contributed by atoms with E-state index in [1.807, 2.05) is 6.07 Å². The lowest BCUT2D eigenvalue weighted by molar-refractivity contribution is 0.0921. The van der Waals surface area contributed by atoms with Gasteiger partial charge in [-0.05, 0) is 24.6 Å². The highest BCUT2D eigenvalue weighted by Crippen LogP contribution is 2.14. The smallest absolute Gasteiger partial charge is 0.300 e. The first kappa shape index (κ1) is 15.7. The predicted octanol–water partition coefficient (Wildman–Crippen LogP) is 2.14. The summed E-state index contributed by atoms with van der Waals surface area (Å²) in [7, 11) is 0. The Balaban J connectivity index is 2.60. The largest absolute Gasteiger partial charge is 0.455 e. The summed E-state index contributed by atoms with van der Waals surface area (Å²) in [5.74, 6) is 6.45. The maximum Gasteiger partial charge on any atom is 0.300 e. The summed E-state index contributed by atoms with van der Waals surface area (Å²) in [6, 6.07) is 3.49. The summed E-state index contributed by atoms with van der Waals surface area (Å²) in [5.41, 5.74) is 2.07. The molecule has 1 aromatic heterocycles. The minimum Gasteiger partial charge on any atom is -0.455 e. The third kappa shape index (κ3) is 4.69. The molecule has 1 amide bonds. The molecule has 108 valence electrons. The van der Waals surface area contributed by atoms with Crippen LogP contribution in [0.4, 0.5) is 0 Å². The molecule has 5 heteroatoms. The van der Waals surface area contributed by atoms with Gasteiger partial charge in [-0.15, -0.1) is 0 Å². The van der Waals surface area contributed by atoms with E-state index in [4.69, 9.17) is 10.3 Å². The average molecular weight is 267 g/mol. The molecular weight excluding hydrogens is 242 g/mol. The Morgan fingerprint density at radius 3 is 2.58 bits per heavy atom. The molecule has 0 saturated heterocycles. The number of nitrogens with one attached hydrogen (secondary N) is 1. The first-order chi connectivity index (χ1) is 9.14. The molecule has 0 aromatic carbocycles. The maximum absolute atomic E-state index is 11.3. The number of nitrogens with two attached hydrogens (primary N) is 1. The molecule has 1 aromatic rings. The highest BCUT2D eigenvalue weighted by atomic mass is 16.4. The summed E-state index contributed by atoms with van der Waals surface area (Å²) in [6.07, 6.45) is 2.37. The van der Waals surface area contributed by atoms with Crippen LogP contribution in [-0.2, 0) is 6.54 Å². The van der Waals surface area contributed by atoms with E-state index in [2.05, 4.69) is 31.1 Å². The van der Waals surface area contributed by atoms with Crippen LogP contribution in [0, 0.1) is 5.92 Å². The van der Waals surface area contributed by atoms with Crippen LogP contribution in [0.15, 0.2) is 16.5 Å². The first-order valence-corrected chi connectivity index (χ1v) is 6.96. The third-order valence-electron chi connectivity index (χ3n) is 3.51. The average Bonchev–Trinajstić information content (AvgIpc) is 2.90. The molecule has 0 bridgehead atoms. The number of hydrogen-bond donors (Lipinski definition) is 2. The standard InChI is InChI=1S/C14H25N3O2/c1-4-11(5-2)9-17(6-3)10-12-7-8-13(19-12)14(18)16-15/h7-8,11H,4-6,9-10,15H2,1-3H3,(H,16,18). The second kappa shape index (κ2) is 7.96. The van der Waals surface area contributed by atoms with Crippen molar-refractivity contribution < 1.29 is 9.21 Å². The van der Waals surface area contributed by atoms with Crippen LogP contribution < -0.4 is 11.3 Å². The van der Waals surface area contributed by atoms with Gasteiger partial charge in [-0.25, -0.2) is 5.84 Å². The van der Waals surface area contributed by atoms with E-state index in [-0.39, 0.29) is 5.76 Å². The zero-order valence-electron chi connectivity index (χ0n) is 12.1. The predicted molar refractivity (Wildman–Crippen MR) is 75.4 cm³/mol. The van der Waals surface area contributed by atoms with Crippen molar-refractivity contribution >= 4 is 5.91 Å². The number of hydrogen-bond acceptors (Lipinski definition) is 4. The van der Waals surface area contributed by atoms with Crippen LogP contribution in [0.1, 0.15) is 49.9 Å². The molecule has 0 aliphatic heterocycles. The summed E-state index contributed by atoms with van der Waals surface area (Å²) >= 11 is 0. The molecule has 0 fully saturated rings. The van der Waals surface area contributed by atoms with Crippen LogP contribution in [0.2, 0.25) is 0 Å². The SMILES string of the molecule is CCC(CC)CN(CC)Cc1ccc(C(=O)NN)o1. The van der Waals surface area contributed by atoms with Gasteiger partial charge in [0.2, 0.25) is 0 Å². The Morgan fingerprint density at radius 1 is 1.37 bits per heavy atom. The van der Waals surface area contributed by atoms with Crippen LogP contribution in [0.3, 0.4) is 0 Å². The lowest BCUT2D eigenvalue weighted by atomic mass is 10.0. The normalized spacial score (nSPS) is 11.3. The van der Waals surface area contributed by atoms with Crippen molar-refractivity contribution in [3.05, 3.63) is 23.7 Å². The molecule has 5 nitrogen and oxygen atoms in total. The topological polar surface area (TPSA) is 71.5 Å². The molecule has 0 aliphatic carbocycles. The molecule has 0 spiro atoms. The van der Waals surface area contributed by atoms with Crippen molar-refractivity contribution in [3.63, 3.8) is 0 Å². The van der Waals surface area contributed by atoms with E-state index in [1.165, 1.54) is 12.8 Å². The minimum absolute atomic E-state index is 0.260. The van der Waals surface area contributed by atoms with Gasteiger partial charge >= 0.3 is 5.91 Å². The number of furan rings is 1. The second-order valence-electron chi connectivity index (χ2n) is 4.75. The highest BCUT2D eigenvalue weighted by molar-refractivity contribution is 5.90. The number of hydrazine groups is 1. The molecule has 1 heterocycles. The van der Waals surface area contributed by atoms with Gasteiger partial charge in [-0.3, -0.25) is 15.1 Å². The van der Waals surface area contributed by atoms with Crippen molar-refractivity contribution in [1.82, 2.24) is 10.3 Å². The minimum atomic E-state index is -0.394. The molecule has 1 rings (SSSR count). The Kier molecular flexibility index (Phi) is 6.59. The van der Waals surface area contributed by atoms with E-state index < -0.39 is 5.91 Å². The Morgan fingerprint density at radius 2 is 2.05 bits per heavy atom. The third-order valence-corrected chi connectivity index (χ3v) is 3.51. The number of carbonyl (C=O) groups is 1. The van der Waals surface area contributed by atoms with Crippen molar-refractivity contribution in [1.29, 1.82) is 0 Å². The molecule has 0 radical (unpaired) electrons. The fraction of sp³-hybridized carbons (Fsp3) is 0.643. The van der Waals surface area contributed by atoms with Gasteiger partial charge < -0.3 is 4.42 Å². The van der Waals surface area contributed by atoms with Gasteiger partial charge in [0.1, 0.15) is 5.76 Å². The molecule has 19 heavy (non-hydrogen) atoms. The van der Waals surface area contributed by atoms with Crippen LogP contribution in [0.5, 0.6) is 0 Å². The lowest BCUT2D eigenvalue weighted by Crippen LogP contribution is -2.30. The van der Waals surface area contributed by atoms with Crippen LogP contribution in [0.25, 0.3) is 0 Å². The van der Waals surface area contributed by atoms with Crippen LogP contribution in [-0.4, -0.2) is 23.9 Å². The molecule has 0 aliphatic rings. The first-order valence-electron chi connectivity index (χ1n) is 6.96. The van der Waals surface area contributed by atoms with Gasteiger partial charge in [0.25, 0.3) is 0 Å². The highest BCUT2D eigenvalue weighted by Gasteiger charge is 2.14. The number of rotatable bonds is 8. The number of amides is 1. The van der Waals surface area contributed by atoms with E-state index in [0.717, 1.165) is 25.4 Å². The molecular formula is C14H25N3O2. The van der Waals surface area contributed by atoms with Crippen molar-refractivity contribution in [2.45, 2.75) is 40.2 Å². The quantitative estimate of drug-likeness (QED) is 0.430. The summed E-state index contributed by atoms with van der Waals surface area (Å²) in [4.78, 5) is 13.6. The molecule has 3 N–H and O–H groups in total. The zero-order valence-corrected chi connectivity index (χ0v) is 12.1. The van der Waals surface area contributed by atoms with E-state index in [9.17, 15) is 4.79 Å². The maximum atomic E-state index is 11.3. The van der Waals surface area contributed by atoms with Crippen molar-refractivity contribution in [2.75, 3.05) is 13.1 Å². The lowest BCUT2D eigenvalue weighted by Gasteiger charge is -2.24. The van der Waals surface area contributed by atoms with Crippen LogP contribution >= 0.6 is 0 Å². The van der Waals surface area contributed by atoms with Gasteiger partial charge in [-0.2, -0.15) is 0 Å². The fourth-order valence-corrected chi connectivity index (χ4v) is 2.09. The molecule has 0 atom stereocenters. The van der Waals surface area contributed by atoms with Gasteiger partial charge in [0, 0.05) is 6.54 Å². The van der Waals surface area contributed by atoms with Gasteiger partial charge in [0.15, 0.2) is 5.76 Å². The number of carbonyl (C=O) groups excluding carboxylic acids is 1. The zero-order chi connectivity index (χ0) is 14.3. The fourth-order valence-electron chi connectivity index (χ4n) is 2.09. The number of nitrogen functional groups attached to an aromatic ring is 1. The van der Waals surface area contributed by atoms with E-state index >= 15 is 0 Å². The van der Waals surface area contributed by atoms with Gasteiger partial charge in [-0.1, -0.05) is 33.6 Å². The van der Waals surface area contributed by atoms with Crippen molar-refractivity contribution in [3.8, 4) is 0 Å². The number of nitrogens with zero attached hydrogens (tertiary/aromatic N) is 1. The van der Waals surface area contributed by atoms with Crippen molar-refractivity contribution in [2.24, 2.45) is 11.8 Å². The molecule has 0 unspecified atom stereocenters.